The van der Waals surface area contributed by atoms with Crippen LogP contribution < -0.4 is 0 Å². The van der Waals surface area contributed by atoms with Crippen LogP contribution in [0.1, 0.15) is 16.7 Å². The van der Waals surface area contributed by atoms with E-state index in [0.717, 1.165) is 13.0 Å². The molecule has 21 heavy (non-hydrogen) atoms. The number of benzene rings is 2. The van der Waals surface area contributed by atoms with Gasteiger partial charge in [0.1, 0.15) is 0 Å². The minimum Gasteiger partial charge on any atom is -0.343 e. The molecule has 0 unspecified atom stereocenters. The van der Waals surface area contributed by atoms with Crippen molar-refractivity contribution < 1.29 is 0 Å². The standard InChI is InChI=1S/C20H17N/c1-2-7-16(8-3-1)15-21-14-6-11-19-18-10-5-4-9-17(18)12-13-20(19)21/h1-11,13-14H,12,15H2. The first-order valence-corrected chi connectivity index (χ1v) is 7.40. The monoisotopic (exact) mass is 271 g/mol. The summed E-state index contributed by atoms with van der Waals surface area (Å²) in [5.41, 5.74) is 6.80. The van der Waals surface area contributed by atoms with E-state index in [0.29, 0.717) is 0 Å². The topological polar surface area (TPSA) is 3.24 Å². The molecule has 2 aromatic carbocycles. The summed E-state index contributed by atoms with van der Waals surface area (Å²) in [7, 11) is 0. The minimum absolute atomic E-state index is 0.919. The van der Waals surface area contributed by atoms with E-state index < -0.39 is 0 Å². The van der Waals surface area contributed by atoms with Gasteiger partial charge < -0.3 is 4.90 Å². The molecule has 0 aromatic heterocycles. The van der Waals surface area contributed by atoms with E-state index in [4.69, 9.17) is 0 Å². The molecule has 0 N–H and O–H groups in total. The van der Waals surface area contributed by atoms with Crippen molar-refractivity contribution >= 4 is 5.57 Å². The molecule has 0 atom stereocenters. The van der Waals surface area contributed by atoms with E-state index in [1.807, 2.05) is 0 Å². The molecule has 1 heterocycles. The number of hydrogen-bond donors (Lipinski definition) is 0. The summed E-state index contributed by atoms with van der Waals surface area (Å²) in [5, 5.41) is 0. The Bertz CT molecular complexity index is 750. The Morgan fingerprint density at radius 3 is 2.62 bits per heavy atom. The first-order chi connectivity index (χ1) is 10.4. The smallest absolute Gasteiger partial charge is 0.0476 e. The molecule has 4 rings (SSSR count). The second kappa shape index (κ2) is 5.10. The van der Waals surface area contributed by atoms with Crippen LogP contribution in [0, 0.1) is 0 Å². The second-order valence-corrected chi connectivity index (χ2v) is 5.49. The highest BCUT2D eigenvalue weighted by Crippen LogP contribution is 2.36. The van der Waals surface area contributed by atoms with Gasteiger partial charge in [-0.1, -0.05) is 66.7 Å². The molecule has 1 nitrogen and oxygen atoms in total. The van der Waals surface area contributed by atoms with Gasteiger partial charge in [0.25, 0.3) is 0 Å². The van der Waals surface area contributed by atoms with Gasteiger partial charge in [-0.2, -0.15) is 0 Å². The Hall–Kier alpha value is -2.54. The largest absolute Gasteiger partial charge is 0.343 e. The molecule has 0 amide bonds. The van der Waals surface area contributed by atoms with Gasteiger partial charge in [-0.15, -0.1) is 0 Å². The van der Waals surface area contributed by atoms with Crippen LogP contribution in [0.4, 0.5) is 0 Å². The predicted octanol–water partition coefficient (Wildman–Crippen LogP) is 4.54. The fourth-order valence-electron chi connectivity index (χ4n) is 3.10. The molecule has 2 aromatic rings. The Morgan fingerprint density at radius 2 is 1.71 bits per heavy atom. The lowest BCUT2D eigenvalue weighted by Crippen LogP contribution is -2.21. The van der Waals surface area contributed by atoms with Gasteiger partial charge in [-0.3, -0.25) is 0 Å². The average Bonchev–Trinajstić information content (AvgIpc) is 2.56. The summed E-state index contributed by atoms with van der Waals surface area (Å²) in [6.45, 7) is 0.919. The Balaban J connectivity index is 1.68. The molecule has 1 aliphatic heterocycles. The zero-order valence-electron chi connectivity index (χ0n) is 11.9. The van der Waals surface area contributed by atoms with Crippen LogP contribution in [-0.4, -0.2) is 4.90 Å². The zero-order valence-corrected chi connectivity index (χ0v) is 11.9. The van der Waals surface area contributed by atoms with Gasteiger partial charge in [0.15, 0.2) is 0 Å². The van der Waals surface area contributed by atoms with E-state index in [-0.39, 0.29) is 0 Å². The van der Waals surface area contributed by atoms with Gasteiger partial charge >= 0.3 is 0 Å². The lowest BCUT2D eigenvalue weighted by atomic mass is 9.88. The van der Waals surface area contributed by atoms with Crippen molar-refractivity contribution in [1.82, 2.24) is 4.90 Å². The number of allylic oxidation sites excluding steroid dienone is 4. The quantitative estimate of drug-likeness (QED) is 0.775. The highest BCUT2D eigenvalue weighted by atomic mass is 15.1. The maximum atomic E-state index is 2.35. The Morgan fingerprint density at radius 1 is 0.905 bits per heavy atom. The van der Waals surface area contributed by atoms with Crippen LogP contribution in [0.3, 0.4) is 0 Å². The lowest BCUT2D eigenvalue weighted by Gasteiger charge is -2.31. The first-order valence-electron chi connectivity index (χ1n) is 7.40. The predicted molar refractivity (Wildman–Crippen MR) is 87.3 cm³/mol. The van der Waals surface area contributed by atoms with Crippen LogP contribution in [0.25, 0.3) is 5.57 Å². The molecule has 102 valence electrons. The highest BCUT2D eigenvalue weighted by molar-refractivity contribution is 5.84. The molecule has 2 aliphatic rings. The van der Waals surface area contributed by atoms with Gasteiger partial charge in [-0.05, 0) is 29.2 Å². The zero-order chi connectivity index (χ0) is 14.1. The van der Waals surface area contributed by atoms with Crippen molar-refractivity contribution in [2.45, 2.75) is 13.0 Å². The van der Waals surface area contributed by atoms with Crippen molar-refractivity contribution in [1.29, 1.82) is 0 Å². The summed E-state index contributed by atoms with van der Waals surface area (Å²) in [6, 6.07) is 19.3. The normalized spacial score (nSPS) is 15.9. The van der Waals surface area contributed by atoms with E-state index in [1.165, 1.54) is 28.0 Å². The molecular weight excluding hydrogens is 254 g/mol. The summed E-state index contributed by atoms with van der Waals surface area (Å²) in [5.74, 6) is 0. The van der Waals surface area contributed by atoms with Gasteiger partial charge in [0.05, 0.1) is 0 Å². The summed E-state index contributed by atoms with van der Waals surface area (Å²) in [4.78, 5) is 2.35. The molecule has 1 heteroatoms. The lowest BCUT2D eigenvalue weighted by molar-refractivity contribution is 0.471. The summed E-state index contributed by atoms with van der Waals surface area (Å²) >= 11 is 0. The maximum Gasteiger partial charge on any atom is 0.0476 e. The second-order valence-electron chi connectivity index (χ2n) is 5.49. The number of nitrogens with zero attached hydrogens (tertiary/aromatic N) is 1. The highest BCUT2D eigenvalue weighted by Gasteiger charge is 2.21. The third-order valence-corrected chi connectivity index (χ3v) is 4.13. The van der Waals surface area contributed by atoms with Crippen molar-refractivity contribution in [3.63, 3.8) is 0 Å². The van der Waals surface area contributed by atoms with Crippen LogP contribution in [0.15, 0.2) is 84.7 Å². The van der Waals surface area contributed by atoms with E-state index in [1.54, 1.807) is 0 Å². The summed E-state index contributed by atoms with van der Waals surface area (Å²) < 4.78 is 0. The molecular formula is C20H17N. The van der Waals surface area contributed by atoms with Gasteiger partial charge in [-0.25, -0.2) is 0 Å². The third-order valence-electron chi connectivity index (χ3n) is 4.13. The Kier molecular flexibility index (Phi) is 2.97. The molecule has 0 saturated heterocycles. The molecule has 0 radical (unpaired) electrons. The fraction of sp³-hybridized carbons (Fsp3) is 0.100. The fourth-order valence-corrected chi connectivity index (χ4v) is 3.10. The van der Waals surface area contributed by atoms with Crippen molar-refractivity contribution in [2.24, 2.45) is 0 Å². The van der Waals surface area contributed by atoms with Crippen molar-refractivity contribution in [3.8, 4) is 0 Å². The maximum absolute atomic E-state index is 2.35. The van der Waals surface area contributed by atoms with Crippen LogP contribution in [-0.2, 0) is 13.0 Å². The van der Waals surface area contributed by atoms with Crippen LogP contribution >= 0.6 is 0 Å². The van der Waals surface area contributed by atoms with E-state index in [2.05, 4.69) is 83.9 Å². The first kappa shape index (κ1) is 12.2. The number of rotatable bonds is 2. The molecule has 1 aliphatic carbocycles. The summed E-state index contributed by atoms with van der Waals surface area (Å²) in [6.07, 6.45) is 9.92. The molecule has 0 bridgehead atoms. The van der Waals surface area contributed by atoms with E-state index in [9.17, 15) is 0 Å². The average molecular weight is 271 g/mol. The number of hydrogen-bond acceptors (Lipinski definition) is 1. The minimum atomic E-state index is 0.919. The Labute approximate surface area is 125 Å². The van der Waals surface area contributed by atoms with Crippen LogP contribution in [0.2, 0.25) is 0 Å². The van der Waals surface area contributed by atoms with Gasteiger partial charge in [0, 0.05) is 24.0 Å². The van der Waals surface area contributed by atoms with Gasteiger partial charge in [0.2, 0.25) is 0 Å². The van der Waals surface area contributed by atoms with E-state index >= 15 is 0 Å². The third kappa shape index (κ3) is 2.21. The van der Waals surface area contributed by atoms with Crippen LogP contribution in [0.5, 0.6) is 0 Å². The SMILES string of the molecule is C1=CN(Cc2ccccc2)C2=CCc3ccccc3C2=C1. The molecule has 0 fully saturated rings. The van der Waals surface area contributed by atoms with Crippen molar-refractivity contribution in [2.75, 3.05) is 0 Å². The number of fused-ring (bicyclic) bond motifs is 3. The molecule has 0 saturated carbocycles. The molecule has 0 spiro atoms. The van der Waals surface area contributed by atoms with Crippen molar-refractivity contribution in [3.05, 3.63) is 101 Å².